The van der Waals surface area contributed by atoms with E-state index >= 15 is 0 Å². The van der Waals surface area contributed by atoms with Gasteiger partial charge in [-0.2, -0.15) is 0 Å². The van der Waals surface area contributed by atoms with E-state index in [1.54, 1.807) is 0 Å². The highest BCUT2D eigenvalue weighted by molar-refractivity contribution is 14.1. The van der Waals surface area contributed by atoms with Crippen LogP contribution in [0.4, 0.5) is 0 Å². The van der Waals surface area contributed by atoms with Crippen LogP contribution >= 0.6 is 56.8 Å². The van der Waals surface area contributed by atoms with Crippen LogP contribution < -0.4 is 5.32 Å². The van der Waals surface area contributed by atoms with Gasteiger partial charge in [-0.15, -0.1) is 11.6 Å². The molecule has 0 heterocycles. The monoisotopic (exact) mass is 461 g/mol. The maximum atomic E-state index is 10.9. The highest BCUT2D eigenvalue weighted by Crippen LogP contribution is 2.27. The molecule has 2 N–H and O–H groups in total. The van der Waals surface area contributed by atoms with Crippen molar-refractivity contribution in [3.63, 3.8) is 0 Å². The molecule has 0 bridgehead atoms. The second-order valence-corrected chi connectivity index (χ2v) is 5.73. The maximum Gasteiger partial charge on any atom is 0.234 e. The summed E-state index contributed by atoms with van der Waals surface area (Å²) >= 11 is 9.53. The van der Waals surface area contributed by atoms with E-state index in [4.69, 9.17) is 11.6 Å². The van der Waals surface area contributed by atoms with Gasteiger partial charge in [0.05, 0.1) is 7.14 Å². The van der Waals surface area contributed by atoms with Crippen LogP contribution in [0, 0.1) is 7.14 Å². The predicted molar refractivity (Wildman–Crippen MR) is 81.0 cm³/mol. The molecule has 0 atom stereocenters. The number of phenols is 1. The first-order valence-corrected chi connectivity index (χ1v) is 7.23. The Bertz CT molecular complexity index is 375. The zero-order valence-electron chi connectivity index (χ0n) is 8.27. The minimum atomic E-state index is -0.162. The van der Waals surface area contributed by atoms with Crippen molar-refractivity contribution in [2.45, 2.75) is 6.42 Å². The number of alkyl halides is 1. The van der Waals surface area contributed by atoms with Gasteiger partial charge in [0.2, 0.25) is 5.91 Å². The van der Waals surface area contributed by atoms with Crippen molar-refractivity contribution < 1.29 is 9.90 Å². The molecule has 88 valence electrons. The lowest BCUT2D eigenvalue weighted by atomic mass is 10.1. The van der Waals surface area contributed by atoms with E-state index in [-0.39, 0.29) is 11.8 Å². The van der Waals surface area contributed by atoms with Gasteiger partial charge in [0.25, 0.3) is 0 Å². The van der Waals surface area contributed by atoms with Gasteiger partial charge in [0, 0.05) is 6.54 Å². The summed E-state index contributed by atoms with van der Waals surface area (Å²) in [6.07, 6.45) is 0.731. The summed E-state index contributed by atoms with van der Waals surface area (Å²) in [5.74, 6) is 0.143. The minimum Gasteiger partial charge on any atom is -0.506 e. The highest BCUT2D eigenvalue weighted by atomic mass is 125. The molecule has 0 saturated carbocycles. The van der Waals surface area contributed by atoms with Gasteiger partial charge >= 0.3 is 0 Å². The van der Waals surface area contributed by atoms with E-state index < -0.39 is 0 Å². The first-order valence-electron chi connectivity index (χ1n) is 4.54. The number of rotatable bonds is 4. The molecule has 0 saturated heterocycles. The zero-order chi connectivity index (χ0) is 12.1. The van der Waals surface area contributed by atoms with Crippen molar-refractivity contribution in [2.24, 2.45) is 0 Å². The molecule has 3 nitrogen and oxygen atoms in total. The fraction of sp³-hybridized carbons (Fsp3) is 0.300. The molecule has 1 aromatic rings. The van der Waals surface area contributed by atoms with Crippen LogP contribution in [0.1, 0.15) is 5.56 Å². The average molecular weight is 461 g/mol. The average Bonchev–Trinajstić information content (AvgIpc) is 2.25. The Hall–Kier alpha value is 0.240. The van der Waals surface area contributed by atoms with Gasteiger partial charge in [-0.3, -0.25) is 4.79 Å². The first kappa shape index (κ1) is 14.3. The van der Waals surface area contributed by atoms with Gasteiger partial charge in [-0.05, 0) is 69.3 Å². The van der Waals surface area contributed by atoms with Crippen LogP contribution in [0.3, 0.4) is 0 Å². The summed E-state index contributed by atoms with van der Waals surface area (Å²) < 4.78 is 1.64. The molecule has 0 radical (unpaired) electrons. The Morgan fingerprint density at radius 2 is 1.94 bits per heavy atom. The number of hydrogen-bond acceptors (Lipinski definition) is 2. The standard InChI is InChI=1S/C10H10ClI2NO2/c11-5-9(15)14-2-1-6-3-7(12)10(16)8(13)4-6/h3-4,16H,1-2,5H2,(H,14,15)/i12-2,13-2. The summed E-state index contributed by atoms with van der Waals surface area (Å²) in [5, 5.41) is 12.3. The number of benzene rings is 1. The number of carbonyl (C=O) groups excluding carboxylic acids is 1. The topological polar surface area (TPSA) is 49.3 Å². The second-order valence-electron chi connectivity index (χ2n) is 3.14. The molecule has 0 spiro atoms. The minimum absolute atomic E-state index is 0.00928. The molecule has 0 aromatic heterocycles. The normalized spacial score (nSPS) is 10.2. The molecule has 0 aliphatic rings. The summed E-state index contributed by atoms with van der Waals surface area (Å²) in [4.78, 5) is 10.9. The third kappa shape index (κ3) is 4.25. The number of nitrogens with one attached hydrogen (secondary N) is 1. The molecular formula is C10H10ClI2NO2. The largest absolute Gasteiger partial charge is 0.506 e. The smallest absolute Gasteiger partial charge is 0.234 e. The molecule has 6 heteroatoms. The Labute approximate surface area is 126 Å². The number of amides is 1. The first-order chi connectivity index (χ1) is 7.54. The number of hydrogen-bond donors (Lipinski definition) is 2. The van der Waals surface area contributed by atoms with E-state index in [0.29, 0.717) is 12.3 Å². The lowest BCUT2D eigenvalue weighted by Gasteiger charge is -2.06. The quantitative estimate of drug-likeness (QED) is 0.535. The fourth-order valence-corrected chi connectivity index (χ4v) is 3.15. The van der Waals surface area contributed by atoms with Gasteiger partial charge in [0.1, 0.15) is 11.6 Å². The molecule has 1 amide bonds. The van der Waals surface area contributed by atoms with Gasteiger partial charge in [-0.1, -0.05) is 0 Å². The SMILES string of the molecule is O=C(CCl)NCCc1cc([125I])c(O)c([125I])c1. The lowest BCUT2D eigenvalue weighted by Crippen LogP contribution is -2.26. The van der Waals surface area contributed by atoms with Crippen molar-refractivity contribution in [3.05, 3.63) is 24.8 Å². The Morgan fingerprint density at radius 1 is 1.38 bits per heavy atom. The number of phenolic OH excluding ortho intramolecular Hbond substituents is 1. The van der Waals surface area contributed by atoms with E-state index in [2.05, 4.69) is 50.5 Å². The lowest BCUT2D eigenvalue weighted by molar-refractivity contribution is -0.118. The van der Waals surface area contributed by atoms with E-state index in [0.717, 1.165) is 19.1 Å². The van der Waals surface area contributed by atoms with Crippen molar-refractivity contribution >= 4 is 62.7 Å². The number of aromatic hydroxyl groups is 1. The molecule has 0 aliphatic heterocycles. The van der Waals surface area contributed by atoms with Crippen LogP contribution in [-0.2, 0) is 11.2 Å². The Balaban J connectivity index is 2.58. The van der Waals surface area contributed by atoms with Crippen molar-refractivity contribution in [1.29, 1.82) is 0 Å². The predicted octanol–water partition coefficient (Wildman–Crippen LogP) is 2.50. The van der Waals surface area contributed by atoms with Crippen molar-refractivity contribution in [3.8, 4) is 5.75 Å². The molecule has 0 fully saturated rings. The number of carbonyl (C=O) groups is 1. The Morgan fingerprint density at radius 3 is 2.44 bits per heavy atom. The summed E-state index contributed by atoms with van der Waals surface area (Å²) in [6.45, 7) is 0.558. The van der Waals surface area contributed by atoms with Crippen LogP contribution in [-0.4, -0.2) is 23.4 Å². The molecule has 0 aliphatic carbocycles. The summed E-state index contributed by atoms with van der Waals surface area (Å²) in [7, 11) is 0. The fourth-order valence-electron chi connectivity index (χ4n) is 1.16. The van der Waals surface area contributed by atoms with Gasteiger partial charge in [0.15, 0.2) is 0 Å². The third-order valence-corrected chi connectivity index (χ3v) is 3.82. The van der Waals surface area contributed by atoms with Crippen LogP contribution in [0.25, 0.3) is 0 Å². The van der Waals surface area contributed by atoms with E-state index in [1.807, 2.05) is 12.1 Å². The summed E-state index contributed by atoms with van der Waals surface area (Å²) in [5.41, 5.74) is 1.08. The van der Waals surface area contributed by atoms with Crippen LogP contribution in [0.15, 0.2) is 12.1 Å². The van der Waals surface area contributed by atoms with Crippen LogP contribution in [0.5, 0.6) is 5.75 Å². The van der Waals surface area contributed by atoms with E-state index in [1.165, 1.54) is 0 Å². The number of halogens is 3. The van der Waals surface area contributed by atoms with Gasteiger partial charge < -0.3 is 10.4 Å². The van der Waals surface area contributed by atoms with Crippen molar-refractivity contribution in [2.75, 3.05) is 12.4 Å². The molecule has 16 heavy (non-hydrogen) atoms. The van der Waals surface area contributed by atoms with Crippen LogP contribution in [0.2, 0.25) is 0 Å². The third-order valence-electron chi connectivity index (χ3n) is 1.93. The summed E-state index contributed by atoms with van der Waals surface area (Å²) in [6, 6.07) is 3.82. The zero-order valence-corrected chi connectivity index (χ0v) is 13.3. The van der Waals surface area contributed by atoms with Gasteiger partial charge in [-0.25, -0.2) is 0 Å². The second kappa shape index (κ2) is 6.85. The highest BCUT2D eigenvalue weighted by Gasteiger charge is 2.06. The Kier molecular flexibility index (Phi) is 6.12. The van der Waals surface area contributed by atoms with Crippen molar-refractivity contribution in [1.82, 2.24) is 5.32 Å². The molecule has 1 aromatic carbocycles. The molecule has 1 rings (SSSR count). The maximum absolute atomic E-state index is 10.9. The molecule has 0 unspecified atom stereocenters. The van der Waals surface area contributed by atoms with E-state index in [9.17, 15) is 9.90 Å². The molecular weight excluding hydrogens is 451 g/mol.